The van der Waals surface area contributed by atoms with Gasteiger partial charge in [0, 0.05) is 49.1 Å². The van der Waals surface area contributed by atoms with Crippen LogP contribution in [0.1, 0.15) is 39.4 Å². The van der Waals surface area contributed by atoms with Gasteiger partial charge in [0.2, 0.25) is 0 Å². The molecule has 6 heteroatoms. The first-order chi connectivity index (χ1) is 12.2. The van der Waals surface area contributed by atoms with E-state index in [0.717, 1.165) is 31.7 Å². The Labute approximate surface area is 154 Å². The van der Waals surface area contributed by atoms with Crippen LogP contribution in [-0.4, -0.2) is 52.1 Å². The van der Waals surface area contributed by atoms with E-state index >= 15 is 0 Å². The molecule has 4 heterocycles. The predicted octanol–water partition coefficient (Wildman–Crippen LogP) is 2.88. The first kappa shape index (κ1) is 17.9. The fourth-order valence-electron chi connectivity index (χ4n) is 5.80. The number of hydrogen-bond acceptors (Lipinski definition) is 5. The summed E-state index contributed by atoms with van der Waals surface area (Å²) >= 11 is 0. The van der Waals surface area contributed by atoms with Gasteiger partial charge >= 0.3 is 0 Å². The molecular formula is C20H29N3O3. The molecule has 0 aliphatic carbocycles. The Morgan fingerprint density at radius 1 is 1.08 bits per heavy atom. The second kappa shape index (κ2) is 5.75. The van der Waals surface area contributed by atoms with Gasteiger partial charge in [-0.1, -0.05) is 39.8 Å². The van der Waals surface area contributed by atoms with E-state index in [2.05, 4.69) is 37.5 Å². The minimum Gasteiger partial charge on any atom is -0.392 e. The maximum Gasteiger partial charge on any atom is 0.269 e. The first-order valence-electron chi connectivity index (χ1n) is 9.62. The number of piperidine rings is 2. The molecule has 4 bridgehead atoms. The van der Waals surface area contributed by atoms with Gasteiger partial charge in [-0.25, -0.2) is 0 Å². The zero-order valence-corrected chi connectivity index (χ0v) is 16.1. The maximum absolute atomic E-state index is 11.4. The Bertz CT molecular complexity index is 689. The largest absolute Gasteiger partial charge is 0.392 e. The molecule has 1 aromatic carbocycles. The van der Waals surface area contributed by atoms with Crippen LogP contribution < -0.4 is 0 Å². The SMILES string of the molecule is CC(C)C12CN3CC(C(C)C)(CN(C1)C3c1cccc([N+](=O)[O-])c1)C2O. The number of aliphatic hydroxyl groups excluding tert-OH is 1. The monoisotopic (exact) mass is 359 g/mol. The van der Waals surface area contributed by atoms with E-state index in [4.69, 9.17) is 0 Å². The summed E-state index contributed by atoms with van der Waals surface area (Å²) in [6, 6.07) is 7.05. The molecule has 0 spiro atoms. The van der Waals surface area contributed by atoms with Crippen LogP contribution in [0.3, 0.4) is 0 Å². The van der Waals surface area contributed by atoms with E-state index in [1.165, 1.54) is 0 Å². The molecule has 0 amide bonds. The molecule has 1 aromatic rings. The number of nitrogens with zero attached hydrogens (tertiary/aromatic N) is 3. The first-order valence-corrected chi connectivity index (χ1v) is 9.62. The highest BCUT2D eigenvalue weighted by Gasteiger charge is 2.66. The van der Waals surface area contributed by atoms with E-state index in [9.17, 15) is 15.2 Å². The lowest BCUT2D eigenvalue weighted by Gasteiger charge is -2.71. The molecule has 1 N–H and O–H groups in total. The van der Waals surface area contributed by atoms with Crippen molar-refractivity contribution in [2.75, 3.05) is 26.2 Å². The van der Waals surface area contributed by atoms with Crippen molar-refractivity contribution in [2.45, 2.75) is 40.0 Å². The lowest BCUT2D eigenvalue weighted by molar-refractivity contribution is -0.385. The molecule has 5 rings (SSSR count). The van der Waals surface area contributed by atoms with Crippen molar-refractivity contribution in [3.05, 3.63) is 39.9 Å². The summed E-state index contributed by atoms with van der Waals surface area (Å²) < 4.78 is 0. The van der Waals surface area contributed by atoms with Gasteiger partial charge in [0.1, 0.15) is 0 Å². The van der Waals surface area contributed by atoms with E-state index in [-0.39, 0.29) is 33.7 Å². The van der Waals surface area contributed by atoms with E-state index in [1.807, 2.05) is 6.07 Å². The number of non-ortho nitro benzene ring substituents is 1. The number of hydrogen-bond donors (Lipinski definition) is 1. The van der Waals surface area contributed by atoms with Gasteiger partial charge in [0.15, 0.2) is 0 Å². The Hall–Kier alpha value is -1.50. The van der Waals surface area contributed by atoms with Gasteiger partial charge in [-0.3, -0.25) is 19.9 Å². The molecule has 0 aromatic heterocycles. The molecule has 0 radical (unpaired) electrons. The zero-order valence-electron chi connectivity index (χ0n) is 16.1. The molecule has 26 heavy (non-hydrogen) atoms. The average Bonchev–Trinajstić information content (AvgIpc) is 2.58. The summed E-state index contributed by atoms with van der Waals surface area (Å²) in [7, 11) is 0. The number of aliphatic hydroxyl groups is 1. The summed E-state index contributed by atoms with van der Waals surface area (Å²) in [5.41, 5.74) is 0.886. The summed E-state index contributed by atoms with van der Waals surface area (Å²) in [5.74, 6) is 0.763. The maximum atomic E-state index is 11.4. The third-order valence-electron chi connectivity index (χ3n) is 7.45. The Morgan fingerprint density at radius 3 is 2.00 bits per heavy atom. The molecule has 0 unspecified atom stereocenters. The normalized spacial score (nSPS) is 41.2. The van der Waals surface area contributed by atoms with Crippen molar-refractivity contribution in [3.8, 4) is 0 Å². The van der Waals surface area contributed by atoms with Gasteiger partial charge in [-0.05, 0) is 17.4 Å². The predicted molar refractivity (Wildman–Crippen MR) is 99.5 cm³/mol. The molecular weight excluding hydrogens is 330 g/mol. The van der Waals surface area contributed by atoms with Crippen LogP contribution in [0.15, 0.2) is 24.3 Å². The molecule has 6 nitrogen and oxygen atoms in total. The fraction of sp³-hybridized carbons (Fsp3) is 0.700. The van der Waals surface area contributed by atoms with Crippen molar-refractivity contribution in [1.29, 1.82) is 0 Å². The highest BCUT2D eigenvalue weighted by molar-refractivity contribution is 5.37. The van der Waals surface area contributed by atoms with Crippen molar-refractivity contribution in [3.63, 3.8) is 0 Å². The number of nitro benzene ring substituents is 1. The van der Waals surface area contributed by atoms with Gasteiger partial charge < -0.3 is 5.11 Å². The van der Waals surface area contributed by atoms with E-state index < -0.39 is 0 Å². The molecule has 4 aliphatic rings. The molecule has 0 atom stereocenters. The number of rotatable bonds is 4. The van der Waals surface area contributed by atoms with Gasteiger partial charge in [0.05, 0.1) is 17.2 Å². The zero-order chi connectivity index (χ0) is 18.9. The van der Waals surface area contributed by atoms with Crippen LogP contribution in [-0.2, 0) is 0 Å². The third-order valence-corrected chi connectivity index (χ3v) is 7.45. The summed E-state index contributed by atoms with van der Waals surface area (Å²) in [6.07, 6.45) is -0.227. The summed E-state index contributed by atoms with van der Waals surface area (Å²) in [4.78, 5) is 15.8. The average molecular weight is 359 g/mol. The lowest BCUT2D eigenvalue weighted by atomic mass is 9.52. The Morgan fingerprint density at radius 2 is 1.58 bits per heavy atom. The lowest BCUT2D eigenvalue weighted by Crippen LogP contribution is -2.80. The Balaban J connectivity index is 1.76. The smallest absolute Gasteiger partial charge is 0.269 e. The topological polar surface area (TPSA) is 69.9 Å². The highest BCUT2D eigenvalue weighted by Crippen LogP contribution is 2.59. The molecule has 142 valence electrons. The summed E-state index contributed by atoms with van der Waals surface area (Å²) in [6.45, 7) is 12.3. The molecule has 4 saturated heterocycles. The highest BCUT2D eigenvalue weighted by atomic mass is 16.6. The van der Waals surface area contributed by atoms with Crippen LogP contribution >= 0.6 is 0 Å². The molecule has 0 saturated carbocycles. The molecule has 4 aliphatic heterocycles. The second-order valence-corrected chi connectivity index (χ2v) is 9.21. The van der Waals surface area contributed by atoms with Crippen LogP contribution in [0.4, 0.5) is 5.69 Å². The quantitative estimate of drug-likeness (QED) is 0.661. The number of nitro groups is 1. The van der Waals surface area contributed by atoms with Crippen molar-refractivity contribution < 1.29 is 10.0 Å². The van der Waals surface area contributed by atoms with Crippen molar-refractivity contribution >= 4 is 5.69 Å². The van der Waals surface area contributed by atoms with Crippen molar-refractivity contribution in [1.82, 2.24) is 9.80 Å². The van der Waals surface area contributed by atoms with E-state index in [1.54, 1.807) is 18.2 Å². The standard InChI is InChI=1S/C20H29N3O3/c1-13(2)19-9-21-11-20(14(3)4,18(19)24)12-22(10-19)17(21)15-6-5-7-16(8-15)23(25)26/h5-8,13-14,17-18,24H,9-12H2,1-4H3. The van der Waals surface area contributed by atoms with E-state index in [0.29, 0.717) is 11.8 Å². The summed E-state index contributed by atoms with van der Waals surface area (Å²) in [5, 5.41) is 22.6. The minimum atomic E-state index is -0.320. The van der Waals surface area contributed by atoms with Gasteiger partial charge in [-0.2, -0.15) is 0 Å². The van der Waals surface area contributed by atoms with Gasteiger partial charge in [-0.15, -0.1) is 0 Å². The van der Waals surface area contributed by atoms with Crippen molar-refractivity contribution in [2.24, 2.45) is 22.7 Å². The Kier molecular flexibility index (Phi) is 3.95. The molecule has 4 fully saturated rings. The van der Waals surface area contributed by atoms with Crippen LogP contribution in [0, 0.1) is 32.8 Å². The fourth-order valence-corrected chi connectivity index (χ4v) is 5.80. The second-order valence-electron chi connectivity index (χ2n) is 9.21. The van der Waals surface area contributed by atoms with Crippen LogP contribution in [0.5, 0.6) is 0 Å². The number of benzene rings is 1. The third kappa shape index (κ3) is 2.22. The van der Waals surface area contributed by atoms with Crippen LogP contribution in [0.2, 0.25) is 0 Å². The minimum absolute atomic E-state index is 0.0705. The van der Waals surface area contributed by atoms with Gasteiger partial charge in [0.25, 0.3) is 5.69 Å². The van der Waals surface area contributed by atoms with Crippen LogP contribution in [0.25, 0.3) is 0 Å².